The molecule has 1 rings (SSSR count). The second-order valence-corrected chi connectivity index (χ2v) is 2.73. The quantitative estimate of drug-likeness (QED) is 0.548. The maximum atomic E-state index is 11.1. The van der Waals surface area contributed by atoms with Gasteiger partial charge in [0.05, 0.1) is 13.2 Å². The first kappa shape index (κ1) is 9.44. The van der Waals surface area contributed by atoms with E-state index < -0.39 is 6.10 Å². The van der Waals surface area contributed by atoms with Crippen molar-refractivity contribution in [1.29, 1.82) is 0 Å². The lowest BCUT2D eigenvalue weighted by atomic mass is 10.2. The number of nitrogens with two attached hydrogens (primary N) is 1. The monoisotopic (exact) mass is 174 g/mol. The first-order valence-corrected chi connectivity index (χ1v) is 3.96. The third-order valence-corrected chi connectivity index (χ3v) is 1.87. The zero-order valence-electron chi connectivity index (χ0n) is 7.08. The van der Waals surface area contributed by atoms with Gasteiger partial charge in [0.2, 0.25) is 0 Å². The fourth-order valence-corrected chi connectivity index (χ4v) is 1.24. The Morgan fingerprint density at radius 1 is 1.75 bits per heavy atom. The number of nitrogens with one attached hydrogen (secondary N) is 1. The number of carbonyl (C=O) groups is 1. The third kappa shape index (κ3) is 2.17. The van der Waals surface area contributed by atoms with E-state index in [1.165, 1.54) is 7.11 Å². The van der Waals surface area contributed by atoms with Crippen molar-refractivity contribution in [2.45, 2.75) is 25.0 Å². The van der Waals surface area contributed by atoms with Crippen LogP contribution in [0.2, 0.25) is 0 Å². The van der Waals surface area contributed by atoms with Gasteiger partial charge in [-0.25, -0.2) is 5.48 Å². The van der Waals surface area contributed by atoms with Crippen LogP contribution in [-0.4, -0.2) is 31.8 Å². The molecule has 0 aromatic heterocycles. The van der Waals surface area contributed by atoms with Gasteiger partial charge in [-0.1, -0.05) is 0 Å². The van der Waals surface area contributed by atoms with Crippen LogP contribution in [0.1, 0.15) is 12.8 Å². The Morgan fingerprint density at radius 3 is 3.00 bits per heavy atom. The topological polar surface area (TPSA) is 73.6 Å². The van der Waals surface area contributed by atoms with Gasteiger partial charge in [0.1, 0.15) is 6.10 Å². The summed E-state index contributed by atoms with van der Waals surface area (Å²) in [7, 11) is 1.40. The average molecular weight is 174 g/mol. The summed E-state index contributed by atoms with van der Waals surface area (Å²) in [5.41, 5.74) is 7.61. The van der Waals surface area contributed by atoms with E-state index in [0.29, 0.717) is 6.54 Å². The first-order valence-electron chi connectivity index (χ1n) is 3.96. The smallest absolute Gasteiger partial charge is 0.272 e. The van der Waals surface area contributed by atoms with E-state index >= 15 is 0 Å². The molecule has 1 heterocycles. The van der Waals surface area contributed by atoms with Gasteiger partial charge < -0.3 is 10.5 Å². The zero-order valence-corrected chi connectivity index (χ0v) is 7.08. The molecule has 1 aliphatic heterocycles. The number of hydrogen-bond donors (Lipinski definition) is 2. The highest BCUT2D eigenvalue weighted by Gasteiger charge is 2.29. The number of hydrogen-bond acceptors (Lipinski definition) is 4. The van der Waals surface area contributed by atoms with Gasteiger partial charge in [-0.3, -0.25) is 9.63 Å². The van der Waals surface area contributed by atoms with Crippen molar-refractivity contribution in [2.24, 2.45) is 5.73 Å². The Bertz CT molecular complexity index is 163. The summed E-state index contributed by atoms with van der Waals surface area (Å²) < 4.78 is 5.31. The highest BCUT2D eigenvalue weighted by molar-refractivity contribution is 5.79. The Morgan fingerprint density at radius 2 is 2.50 bits per heavy atom. The SMILES string of the molecule is CONC(=O)[C@@H]1CC[C@H](CN)O1. The summed E-state index contributed by atoms with van der Waals surface area (Å²) in [6.45, 7) is 0.469. The van der Waals surface area contributed by atoms with E-state index in [2.05, 4.69) is 10.3 Å². The molecule has 0 bridgehead atoms. The Balaban J connectivity index is 2.31. The van der Waals surface area contributed by atoms with Crippen molar-refractivity contribution >= 4 is 5.91 Å². The third-order valence-electron chi connectivity index (χ3n) is 1.87. The lowest BCUT2D eigenvalue weighted by Gasteiger charge is -2.10. The summed E-state index contributed by atoms with van der Waals surface area (Å²) in [5.74, 6) is -0.228. The van der Waals surface area contributed by atoms with E-state index in [-0.39, 0.29) is 12.0 Å². The molecule has 12 heavy (non-hydrogen) atoms. The molecule has 0 spiro atoms. The Kier molecular flexibility index (Phi) is 3.46. The standard InChI is InChI=1S/C7H14N2O3/c1-11-9-7(10)6-3-2-5(4-8)12-6/h5-6H,2-4,8H2,1H3,(H,9,10)/t5-,6+/m1/s1. The van der Waals surface area contributed by atoms with E-state index in [9.17, 15) is 4.79 Å². The zero-order chi connectivity index (χ0) is 8.97. The van der Waals surface area contributed by atoms with E-state index in [1.807, 2.05) is 0 Å². The van der Waals surface area contributed by atoms with E-state index in [4.69, 9.17) is 10.5 Å². The molecule has 1 saturated heterocycles. The number of hydroxylamine groups is 1. The minimum atomic E-state index is -0.390. The molecule has 70 valence electrons. The second kappa shape index (κ2) is 4.39. The molecule has 1 amide bonds. The summed E-state index contributed by atoms with van der Waals surface area (Å²) in [4.78, 5) is 15.6. The molecule has 0 aromatic carbocycles. The van der Waals surface area contributed by atoms with Crippen molar-refractivity contribution in [1.82, 2.24) is 5.48 Å². The predicted molar refractivity (Wildman–Crippen MR) is 42.1 cm³/mol. The van der Waals surface area contributed by atoms with Gasteiger partial charge >= 0.3 is 0 Å². The maximum Gasteiger partial charge on any atom is 0.272 e. The van der Waals surface area contributed by atoms with Crippen LogP contribution >= 0.6 is 0 Å². The molecule has 1 fully saturated rings. The minimum Gasteiger partial charge on any atom is -0.364 e. The number of carbonyl (C=O) groups excluding carboxylic acids is 1. The van der Waals surface area contributed by atoms with Crippen molar-refractivity contribution < 1.29 is 14.4 Å². The van der Waals surface area contributed by atoms with Crippen molar-refractivity contribution in [3.63, 3.8) is 0 Å². The van der Waals surface area contributed by atoms with Crippen molar-refractivity contribution in [3.8, 4) is 0 Å². The van der Waals surface area contributed by atoms with E-state index in [1.54, 1.807) is 0 Å². The first-order chi connectivity index (χ1) is 5.77. The van der Waals surface area contributed by atoms with Gasteiger partial charge in [-0.2, -0.15) is 0 Å². The highest BCUT2D eigenvalue weighted by atomic mass is 16.6. The van der Waals surface area contributed by atoms with Gasteiger partial charge in [0, 0.05) is 6.54 Å². The fourth-order valence-electron chi connectivity index (χ4n) is 1.24. The Labute approximate surface area is 71.2 Å². The number of amides is 1. The van der Waals surface area contributed by atoms with Gasteiger partial charge in [0.25, 0.3) is 5.91 Å². The summed E-state index contributed by atoms with van der Waals surface area (Å²) in [6.07, 6.45) is 1.20. The summed E-state index contributed by atoms with van der Waals surface area (Å²) >= 11 is 0. The molecule has 1 aliphatic rings. The van der Waals surface area contributed by atoms with Gasteiger partial charge in [0.15, 0.2) is 0 Å². The van der Waals surface area contributed by atoms with Crippen molar-refractivity contribution in [3.05, 3.63) is 0 Å². The predicted octanol–water partition coefficient (Wildman–Crippen LogP) is -0.830. The van der Waals surface area contributed by atoms with Crippen molar-refractivity contribution in [2.75, 3.05) is 13.7 Å². The Hall–Kier alpha value is -0.650. The fraction of sp³-hybridized carbons (Fsp3) is 0.857. The van der Waals surface area contributed by atoms with Crippen LogP contribution in [0.15, 0.2) is 0 Å². The molecule has 0 saturated carbocycles. The molecule has 0 aromatic rings. The summed E-state index contributed by atoms with van der Waals surface area (Å²) in [6, 6.07) is 0. The molecular formula is C7H14N2O3. The largest absolute Gasteiger partial charge is 0.364 e. The minimum absolute atomic E-state index is 0.0256. The van der Waals surface area contributed by atoms with Crippen LogP contribution in [0.25, 0.3) is 0 Å². The lowest BCUT2D eigenvalue weighted by molar-refractivity contribution is -0.142. The molecule has 5 heteroatoms. The molecule has 0 unspecified atom stereocenters. The van der Waals surface area contributed by atoms with Crippen LogP contribution < -0.4 is 11.2 Å². The van der Waals surface area contributed by atoms with Gasteiger partial charge in [-0.15, -0.1) is 0 Å². The average Bonchev–Trinajstić information content (AvgIpc) is 2.52. The van der Waals surface area contributed by atoms with Crippen LogP contribution in [0.5, 0.6) is 0 Å². The number of ether oxygens (including phenoxy) is 1. The lowest BCUT2D eigenvalue weighted by Crippen LogP contribution is -2.34. The number of rotatable bonds is 3. The van der Waals surface area contributed by atoms with Crippen LogP contribution in [0.4, 0.5) is 0 Å². The van der Waals surface area contributed by atoms with Crippen LogP contribution in [0, 0.1) is 0 Å². The molecule has 0 aliphatic carbocycles. The van der Waals surface area contributed by atoms with Gasteiger partial charge in [-0.05, 0) is 12.8 Å². The maximum absolute atomic E-state index is 11.1. The second-order valence-electron chi connectivity index (χ2n) is 2.73. The normalized spacial score (nSPS) is 28.8. The molecule has 5 nitrogen and oxygen atoms in total. The molecule has 0 radical (unpaired) electrons. The highest BCUT2D eigenvalue weighted by Crippen LogP contribution is 2.18. The molecule has 2 atom stereocenters. The summed E-state index contributed by atoms with van der Waals surface area (Å²) in [5, 5.41) is 0. The molecule has 3 N–H and O–H groups in total. The van der Waals surface area contributed by atoms with Crippen LogP contribution in [-0.2, 0) is 14.4 Å². The van der Waals surface area contributed by atoms with Crippen LogP contribution in [0.3, 0.4) is 0 Å². The molecular weight excluding hydrogens is 160 g/mol. The van der Waals surface area contributed by atoms with E-state index in [0.717, 1.165) is 12.8 Å².